The predicted molar refractivity (Wildman–Crippen MR) is 139 cm³/mol. The molecule has 0 saturated carbocycles. The molecule has 0 aliphatic heterocycles. The van der Waals surface area contributed by atoms with Gasteiger partial charge in [-0.3, -0.25) is 4.79 Å². The number of nitrogens with one attached hydrogen (secondary N) is 1. The first-order valence-electron chi connectivity index (χ1n) is 11.8. The van der Waals surface area contributed by atoms with E-state index < -0.39 is 0 Å². The SMILES string of the molecule is CC(C)CNC(=O)c1cccc2ccc(-c3cc(C(=O)OCC(C)C)c4ccccc4c3)cc12. The molecule has 4 nitrogen and oxygen atoms in total. The molecule has 4 aromatic carbocycles. The first kappa shape index (κ1) is 23.5. The van der Waals surface area contributed by atoms with E-state index in [1.54, 1.807) is 0 Å². The van der Waals surface area contributed by atoms with E-state index in [-0.39, 0.29) is 17.8 Å². The fraction of sp³-hybridized carbons (Fsp3) is 0.267. The van der Waals surface area contributed by atoms with E-state index in [4.69, 9.17) is 4.74 Å². The highest BCUT2D eigenvalue weighted by atomic mass is 16.5. The lowest BCUT2D eigenvalue weighted by Crippen LogP contribution is -2.27. The Morgan fingerprint density at radius 1 is 0.735 bits per heavy atom. The molecule has 174 valence electrons. The Hall–Kier alpha value is -3.66. The molecule has 0 bridgehead atoms. The molecule has 4 aromatic rings. The van der Waals surface area contributed by atoms with Crippen LogP contribution in [0.25, 0.3) is 32.7 Å². The lowest BCUT2D eigenvalue weighted by atomic mass is 9.94. The van der Waals surface area contributed by atoms with Gasteiger partial charge in [0.2, 0.25) is 0 Å². The van der Waals surface area contributed by atoms with Gasteiger partial charge >= 0.3 is 5.97 Å². The molecule has 0 unspecified atom stereocenters. The predicted octanol–water partition coefficient (Wildman–Crippen LogP) is 6.86. The summed E-state index contributed by atoms with van der Waals surface area (Å²) < 4.78 is 5.56. The molecular weight excluding hydrogens is 422 g/mol. The number of hydrogen-bond donors (Lipinski definition) is 1. The molecule has 1 N–H and O–H groups in total. The quantitative estimate of drug-likeness (QED) is 0.311. The van der Waals surface area contributed by atoms with Gasteiger partial charge in [0.05, 0.1) is 12.2 Å². The summed E-state index contributed by atoms with van der Waals surface area (Å²) >= 11 is 0. The monoisotopic (exact) mass is 453 g/mol. The molecule has 0 aromatic heterocycles. The number of fused-ring (bicyclic) bond motifs is 2. The van der Waals surface area contributed by atoms with Crippen LogP contribution in [-0.2, 0) is 4.74 Å². The summed E-state index contributed by atoms with van der Waals surface area (Å²) in [5.74, 6) is 0.245. The van der Waals surface area contributed by atoms with Gasteiger partial charge in [0, 0.05) is 12.1 Å². The van der Waals surface area contributed by atoms with E-state index in [1.165, 1.54) is 0 Å². The van der Waals surface area contributed by atoms with Crippen molar-refractivity contribution in [3.63, 3.8) is 0 Å². The lowest BCUT2D eigenvalue weighted by molar-refractivity contribution is 0.0461. The van der Waals surface area contributed by atoms with Gasteiger partial charge in [-0.2, -0.15) is 0 Å². The number of rotatable bonds is 7. The Morgan fingerprint density at radius 2 is 1.50 bits per heavy atom. The topological polar surface area (TPSA) is 55.4 Å². The largest absolute Gasteiger partial charge is 0.462 e. The maximum atomic E-state index is 13.0. The summed E-state index contributed by atoms with van der Waals surface area (Å²) in [6.45, 7) is 9.19. The van der Waals surface area contributed by atoms with Crippen LogP contribution in [-0.4, -0.2) is 25.0 Å². The van der Waals surface area contributed by atoms with Gasteiger partial charge in [0.25, 0.3) is 5.91 Å². The van der Waals surface area contributed by atoms with Crippen LogP contribution in [0.3, 0.4) is 0 Å². The summed E-state index contributed by atoms with van der Waals surface area (Å²) in [6, 6.07) is 23.7. The zero-order valence-electron chi connectivity index (χ0n) is 20.2. The van der Waals surface area contributed by atoms with Crippen LogP contribution in [0.15, 0.2) is 72.8 Å². The van der Waals surface area contributed by atoms with Crippen molar-refractivity contribution < 1.29 is 14.3 Å². The van der Waals surface area contributed by atoms with Gasteiger partial charge in [0.15, 0.2) is 0 Å². The highest BCUT2D eigenvalue weighted by Gasteiger charge is 2.16. The fourth-order valence-corrected chi connectivity index (χ4v) is 4.01. The molecular formula is C30H31NO3. The second-order valence-electron chi connectivity index (χ2n) is 9.58. The van der Waals surface area contributed by atoms with Crippen molar-refractivity contribution in [3.05, 3.63) is 83.9 Å². The Balaban J connectivity index is 1.80. The van der Waals surface area contributed by atoms with Crippen molar-refractivity contribution in [1.82, 2.24) is 5.32 Å². The molecule has 0 saturated heterocycles. The average Bonchev–Trinajstić information content (AvgIpc) is 2.84. The minimum atomic E-state index is -0.318. The van der Waals surface area contributed by atoms with Gasteiger partial charge < -0.3 is 10.1 Å². The highest BCUT2D eigenvalue weighted by Crippen LogP contribution is 2.31. The van der Waals surface area contributed by atoms with Gasteiger partial charge in [-0.25, -0.2) is 4.79 Å². The number of amides is 1. The molecule has 34 heavy (non-hydrogen) atoms. The van der Waals surface area contributed by atoms with Crippen molar-refractivity contribution in [2.45, 2.75) is 27.7 Å². The molecule has 0 radical (unpaired) electrons. The van der Waals surface area contributed by atoms with E-state index in [9.17, 15) is 9.59 Å². The van der Waals surface area contributed by atoms with E-state index in [0.717, 1.165) is 32.7 Å². The van der Waals surface area contributed by atoms with E-state index >= 15 is 0 Å². The first-order chi connectivity index (χ1) is 16.3. The zero-order chi connectivity index (χ0) is 24.2. The fourth-order valence-electron chi connectivity index (χ4n) is 4.01. The number of benzene rings is 4. The van der Waals surface area contributed by atoms with Crippen LogP contribution in [0.4, 0.5) is 0 Å². The Kier molecular flexibility index (Phi) is 6.97. The standard InChI is InChI=1S/C30H31NO3/c1-19(2)17-31-29(32)26-11-7-9-21-12-13-22(15-27(21)26)24-14-23-8-5-6-10-25(23)28(16-24)30(33)34-18-20(3)4/h5-16,19-20H,17-18H2,1-4H3,(H,31,32). The van der Waals surface area contributed by atoms with Crippen LogP contribution in [0, 0.1) is 11.8 Å². The van der Waals surface area contributed by atoms with Crippen molar-refractivity contribution in [2.75, 3.05) is 13.2 Å². The maximum Gasteiger partial charge on any atom is 0.338 e. The maximum absolute atomic E-state index is 13.0. The second-order valence-corrected chi connectivity index (χ2v) is 9.58. The minimum absolute atomic E-state index is 0.0760. The van der Waals surface area contributed by atoms with Crippen molar-refractivity contribution in [3.8, 4) is 11.1 Å². The Labute approximate surface area is 200 Å². The number of carbonyl (C=O) groups is 2. The zero-order valence-corrected chi connectivity index (χ0v) is 20.2. The van der Waals surface area contributed by atoms with Crippen LogP contribution in [0.2, 0.25) is 0 Å². The third-order valence-corrected chi connectivity index (χ3v) is 5.76. The van der Waals surface area contributed by atoms with Gasteiger partial charge in [0.1, 0.15) is 0 Å². The van der Waals surface area contributed by atoms with Gasteiger partial charge in [-0.05, 0) is 68.8 Å². The molecule has 0 atom stereocenters. The smallest absolute Gasteiger partial charge is 0.338 e. The summed E-state index contributed by atoms with van der Waals surface area (Å²) in [4.78, 5) is 25.8. The summed E-state index contributed by atoms with van der Waals surface area (Å²) in [7, 11) is 0. The number of esters is 1. The van der Waals surface area contributed by atoms with Crippen molar-refractivity contribution in [1.29, 1.82) is 0 Å². The van der Waals surface area contributed by atoms with Gasteiger partial charge in [-0.15, -0.1) is 0 Å². The van der Waals surface area contributed by atoms with Crippen LogP contribution in [0.1, 0.15) is 48.4 Å². The molecule has 0 aliphatic rings. The van der Waals surface area contributed by atoms with E-state index in [0.29, 0.717) is 30.2 Å². The molecule has 0 fully saturated rings. The first-order valence-corrected chi connectivity index (χ1v) is 11.8. The second kappa shape index (κ2) is 10.1. The Morgan fingerprint density at radius 3 is 2.26 bits per heavy atom. The van der Waals surface area contributed by atoms with Gasteiger partial charge in [-0.1, -0.05) is 76.2 Å². The molecule has 0 spiro atoms. The summed E-state index contributed by atoms with van der Waals surface area (Å²) in [6.07, 6.45) is 0. The summed E-state index contributed by atoms with van der Waals surface area (Å²) in [5, 5.41) is 6.75. The Bertz CT molecular complexity index is 1350. The number of hydrogen-bond acceptors (Lipinski definition) is 3. The molecule has 4 rings (SSSR count). The third kappa shape index (κ3) is 5.12. The molecule has 1 amide bonds. The van der Waals surface area contributed by atoms with E-state index in [2.05, 4.69) is 25.2 Å². The number of ether oxygens (including phenoxy) is 1. The third-order valence-electron chi connectivity index (χ3n) is 5.76. The average molecular weight is 454 g/mol. The summed E-state index contributed by atoms with van der Waals surface area (Å²) in [5.41, 5.74) is 3.06. The lowest BCUT2D eigenvalue weighted by Gasteiger charge is -2.13. The number of carbonyl (C=O) groups excluding carboxylic acids is 2. The van der Waals surface area contributed by atoms with Crippen LogP contribution >= 0.6 is 0 Å². The highest BCUT2D eigenvalue weighted by molar-refractivity contribution is 6.09. The molecule has 4 heteroatoms. The minimum Gasteiger partial charge on any atom is -0.462 e. The van der Waals surface area contributed by atoms with Crippen molar-refractivity contribution in [2.24, 2.45) is 11.8 Å². The molecule has 0 aliphatic carbocycles. The van der Waals surface area contributed by atoms with E-state index in [1.807, 2.05) is 80.6 Å². The van der Waals surface area contributed by atoms with Crippen molar-refractivity contribution >= 4 is 33.4 Å². The molecule has 0 heterocycles. The normalized spacial score (nSPS) is 11.4. The van der Waals surface area contributed by atoms with Crippen LogP contribution in [0.5, 0.6) is 0 Å². The van der Waals surface area contributed by atoms with Crippen LogP contribution < -0.4 is 5.32 Å².